The summed E-state index contributed by atoms with van der Waals surface area (Å²) in [4.78, 5) is 0. The van der Waals surface area contributed by atoms with E-state index in [9.17, 15) is 5.11 Å². The van der Waals surface area contributed by atoms with E-state index in [1.54, 1.807) is 23.5 Å². The molecule has 24 heavy (non-hydrogen) atoms. The second-order valence-corrected chi connectivity index (χ2v) is 6.46. The van der Waals surface area contributed by atoms with Gasteiger partial charge in [0.2, 0.25) is 0 Å². The van der Waals surface area contributed by atoms with E-state index in [1.165, 1.54) is 0 Å². The molecule has 0 amide bonds. The third kappa shape index (κ3) is 2.60. The number of thiophene rings is 1. The van der Waals surface area contributed by atoms with Gasteiger partial charge in [-0.05, 0) is 52.7 Å². The molecule has 0 unspecified atom stereocenters. The van der Waals surface area contributed by atoms with Crippen LogP contribution in [0.2, 0.25) is 5.02 Å². The molecule has 4 aromatic rings. The van der Waals surface area contributed by atoms with Crippen LogP contribution >= 0.6 is 22.9 Å². The minimum absolute atomic E-state index is 0.210. The van der Waals surface area contributed by atoms with E-state index in [0.29, 0.717) is 16.5 Å². The van der Waals surface area contributed by atoms with Gasteiger partial charge in [-0.2, -0.15) is 11.3 Å². The number of hydrogen-bond donors (Lipinski definition) is 1. The molecule has 3 nitrogen and oxygen atoms in total. The Morgan fingerprint density at radius 3 is 2.46 bits per heavy atom. The molecule has 2 aromatic heterocycles. The smallest absolute Gasteiger partial charge is 0.175 e. The summed E-state index contributed by atoms with van der Waals surface area (Å²) in [5, 5.41) is 18.5. The highest BCUT2D eigenvalue weighted by molar-refractivity contribution is 7.08. The number of nitrogens with zero attached hydrogens (tertiary/aromatic N) is 1. The molecule has 0 saturated heterocycles. The van der Waals surface area contributed by atoms with Gasteiger partial charge in [0.1, 0.15) is 11.4 Å². The van der Waals surface area contributed by atoms with E-state index in [-0.39, 0.29) is 5.75 Å². The van der Waals surface area contributed by atoms with E-state index in [4.69, 9.17) is 16.1 Å². The lowest BCUT2D eigenvalue weighted by atomic mass is 9.98. The van der Waals surface area contributed by atoms with Crippen molar-refractivity contribution in [2.24, 2.45) is 0 Å². The summed E-state index contributed by atoms with van der Waals surface area (Å²) in [7, 11) is 0. The SMILES string of the molecule is Oc1ccc(-c2onc(-c3ccccc3Cl)c2-c2ccsc2)cc1. The molecule has 0 saturated carbocycles. The fraction of sp³-hybridized carbons (Fsp3) is 0. The second-order valence-electron chi connectivity index (χ2n) is 5.27. The molecule has 0 fully saturated rings. The van der Waals surface area contributed by atoms with Crippen molar-refractivity contribution in [1.82, 2.24) is 5.16 Å². The molecular weight excluding hydrogens is 342 g/mol. The largest absolute Gasteiger partial charge is 0.508 e. The summed E-state index contributed by atoms with van der Waals surface area (Å²) in [5.74, 6) is 0.866. The molecule has 0 atom stereocenters. The quantitative estimate of drug-likeness (QED) is 0.484. The van der Waals surface area contributed by atoms with E-state index in [1.807, 2.05) is 47.8 Å². The summed E-state index contributed by atoms with van der Waals surface area (Å²) in [6, 6.07) is 16.5. The molecule has 0 aliphatic carbocycles. The zero-order valence-corrected chi connectivity index (χ0v) is 14.0. The van der Waals surface area contributed by atoms with Crippen molar-refractivity contribution in [2.75, 3.05) is 0 Å². The second kappa shape index (κ2) is 6.15. The van der Waals surface area contributed by atoms with Crippen molar-refractivity contribution in [2.45, 2.75) is 0 Å². The first-order valence-electron chi connectivity index (χ1n) is 7.30. The van der Waals surface area contributed by atoms with Crippen molar-refractivity contribution in [3.63, 3.8) is 0 Å². The zero-order chi connectivity index (χ0) is 16.5. The van der Waals surface area contributed by atoms with Gasteiger partial charge in [-0.15, -0.1) is 0 Å². The predicted molar refractivity (Wildman–Crippen MR) is 97.4 cm³/mol. The molecule has 2 heterocycles. The van der Waals surface area contributed by atoms with Crippen molar-refractivity contribution in [3.8, 4) is 39.5 Å². The van der Waals surface area contributed by atoms with Crippen LogP contribution in [0.4, 0.5) is 0 Å². The number of phenols is 1. The minimum atomic E-state index is 0.210. The van der Waals surface area contributed by atoms with Crippen LogP contribution in [0, 0.1) is 0 Å². The number of hydrogen-bond acceptors (Lipinski definition) is 4. The molecule has 4 rings (SSSR count). The van der Waals surface area contributed by atoms with Crippen LogP contribution in [0.5, 0.6) is 5.75 Å². The summed E-state index contributed by atoms with van der Waals surface area (Å²) >= 11 is 7.97. The lowest BCUT2D eigenvalue weighted by Crippen LogP contribution is -1.84. The van der Waals surface area contributed by atoms with E-state index in [2.05, 4.69) is 10.5 Å². The average Bonchev–Trinajstić information content (AvgIpc) is 3.25. The van der Waals surface area contributed by atoms with Crippen LogP contribution in [0.15, 0.2) is 69.9 Å². The molecule has 2 aromatic carbocycles. The number of benzene rings is 2. The Hall–Kier alpha value is -2.56. The van der Waals surface area contributed by atoms with Crippen LogP contribution < -0.4 is 0 Å². The topological polar surface area (TPSA) is 46.3 Å². The van der Waals surface area contributed by atoms with Gasteiger partial charge >= 0.3 is 0 Å². The third-order valence-electron chi connectivity index (χ3n) is 3.76. The van der Waals surface area contributed by atoms with Gasteiger partial charge in [-0.25, -0.2) is 0 Å². The molecule has 0 aliphatic heterocycles. The lowest BCUT2D eigenvalue weighted by molar-refractivity contribution is 0.435. The average molecular weight is 354 g/mol. The van der Waals surface area contributed by atoms with Gasteiger partial charge in [0.05, 0.1) is 10.6 Å². The molecule has 0 bridgehead atoms. The number of halogens is 1. The summed E-state index contributed by atoms with van der Waals surface area (Å²) in [6.07, 6.45) is 0. The Balaban J connectivity index is 1.96. The van der Waals surface area contributed by atoms with Crippen molar-refractivity contribution >= 4 is 22.9 Å². The van der Waals surface area contributed by atoms with Crippen LogP contribution in [0.1, 0.15) is 0 Å². The van der Waals surface area contributed by atoms with Gasteiger partial charge < -0.3 is 9.63 Å². The lowest BCUT2D eigenvalue weighted by Gasteiger charge is -2.04. The summed E-state index contributed by atoms with van der Waals surface area (Å²) in [6.45, 7) is 0. The number of phenolic OH excluding ortho intramolecular Hbond substituents is 1. The first kappa shape index (κ1) is 15.0. The monoisotopic (exact) mass is 353 g/mol. The highest BCUT2D eigenvalue weighted by Crippen LogP contribution is 2.42. The number of aromatic nitrogens is 1. The van der Waals surface area contributed by atoms with Gasteiger partial charge in [-0.1, -0.05) is 35.0 Å². The normalized spacial score (nSPS) is 10.9. The minimum Gasteiger partial charge on any atom is -0.508 e. The van der Waals surface area contributed by atoms with Gasteiger partial charge in [-0.3, -0.25) is 0 Å². The maximum Gasteiger partial charge on any atom is 0.175 e. The van der Waals surface area contributed by atoms with Gasteiger partial charge in [0.25, 0.3) is 0 Å². The molecular formula is C19H12ClNO2S. The van der Waals surface area contributed by atoms with Crippen LogP contribution in [0.25, 0.3) is 33.7 Å². The Labute approximate surface area is 147 Å². The zero-order valence-electron chi connectivity index (χ0n) is 12.4. The van der Waals surface area contributed by atoms with Gasteiger partial charge in [0, 0.05) is 11.1 Å². The Kier molecular flexibility index (Phi) is 3.84. The van der Waals surface area contributed by atoms with Crippen molar-refractivity contribution < 1.29 is 9.63 Å². The fourth-order valence-corrected chi connectivity index (χ4v) is 3.48. The molecule has 118 valence electrons. The maximum absolute atomic E-state index is 9.51. The highest BCUT2D eigenvalue weighted by Gasteiger charge is 2.22. The predicted octanol–water partition coefficient (Wildman–Crippen LogP) is 6.10. The Morgan fingerprint density at radius 2 is 1.75 bits per heavy atom. The van der Waals surface area contributed by atoms with Crippen molar-refractivity contribution in [1.29, 1.82) is 0 Å². The molecule has 5 heteroatoms. The molecule has 0 spiro atoms. The van der Waals surface area contributed by atoms with Crippen LogP contribution in [-0.2, 0) is 0 Å². The number of aromatic hydroxyl groups is 1. The van der Waals surface area contributed by atoms with E-state index < -0.39 is 0 Å². The van der Waals surface area contributed by atoms with Gasteiger partial charge in [0.15, 0.2) is 5.76 Å². The van der Waals surface area contributed by atoms with Crippen LogP contribution in [0.3, 0.4) is 0 Å². The van der Waals surface area contributed by atoms with Crippen LogP contribution in [-0.4, -0.2) is 10.3 Å². The van der Waals surface area contributed by atoms with E-state index in [0.717, 1.165) is 22.3 Å². The summed E-state index contributed by atoms with van der Waals surface area (Å²) in [5.41, 5.74) is 4.31. The molecule has 0 aliphatic rings. The highest BCUT2D eigenvalue weighted by atomic mass is 35.5. The summed E-state index contributed by atoms with van der Waals surface area (Å²) < 4.78 is 5.67. The third-order valence-corrected chi connectivity index (χ3v) is 4.77. The molecule has 0 radical (unpaired) electrons. The Morgan fingerprint density at radius 1 is 0.958 bits per heavy atom. The number of rotatable bonds is 3. The fourth-order valence-electron chi connectivity index (χ4n) is 2.61. The Bertz CT molecular complexity index is 975. The van der Waals surface area contributed by atoms with Crippen molar-refractivity contribution in [3.05, 3.63) is 70.4 Å². The molecule has 1 N–H and O–H groups in total. The first-order valence-corrected chi connectivity index (χ1v) is 8.62. The maximum atomic E-state index is 9.51. The van der Waals surface area contributed by atoms with E-state index >= 15 is 0 Å². The standard InChI is InChI=1S/C19H12ClNO2S/c20-16-4-2-1-3-15(16)18-17(13-9-10-24-11-13)19(23-21-18)12-5-7-14(22)8-6-12/h1-11,22H. The first-order chi connectivity index (χ1) is 11.7.